The monoisotopic (exact) mass is 333 g/mol. The SMILES string of the molecule is OC[C@H]1O[C@H](Oc2ccc(-c3ccncc3)cc2)[C@@H](O)[C@@H](O)[C@@H]1O. The van der Waals surface area contributed by atoms with Gasteiger partial charge in [0.2, 0.25) is 6.29 Å². The second-order valence-electron chi connectivity index (χ2n) is 5.58. The Balaban J connectivity index is 1.71. The van der Waals surface area contributed by atoms with Crippen LogP contribution in [0.1, 0.15) is 0 Å². The lowest BCUT2D eigenvalue weighted by molar-refractivity contribution is -0.277. The van der Waals surface area contributed by atoms with Gasteiger partial charge in [0.25, 0.3) is 0 Å². The zero-order valence-electron chi connectivity index (χ0n) is 12.8. The van der Waals surface area contributed by atoms with Crippen LogP contribution >= 0.6 is 0 Å². The zero-order valence-corrected chi connectivity index (χ0v) is 12.8. The minimum absolute atomic E-state index is 0.428. The van der Waals surface area contributed by atoms with E-state index in [0.717, 1.165) is 11.1 Å². The fourth-order valence-corrected chi connectivity index (χ4v) is 2.57. The Kier molecular flexibility index (Phi) is 5.08. The van der Waals surface area contributed by atoms with E-state index in [9.17, 15) is 20.4 Å². The lowest BCUT2D eigenvalue weighted by Gasteiger charge is -2.39. The summed E-state index contributed by atoms with van der Waals surface area (Å²) >= 11 is 0. The number of benzene rings is 1. The summed E-state index contributed by atoms with van der Waals surface area (Å²) < 4.78 is 10.9. The molecule has 0 radical (unpaired) electrons. The molecule has 0 saturated carbocycles. The van der Waals surface area contributed by atoms with E-state index in [1.54, 1.807) is 24.5 Å². The van der Waals surface area contributed by atoms with Gasteiger partial charge in [-0.05, 0) is 35.4 Å². The summed E-state index contributed by atoms with van der Waals surface area (Å²) in [7, 11) is 0. The molecule has 1 aromatic carbocycles. The van der Waals surface area contributed by atoms with Gasteiger partial charge in [-0.2, -0.15) is 0 Å². The van der Waals surface area contributed by atoms with Gasteiger partial charge in [-0.1, -0.05) is 12.1 Å². The smallest absolute Gasteiger partial charge is 0.229 e. The molecule has 0 aliphatic carbocycles. The Hall–Kier alpha value is -2.03. The van der Waals surface area contributed by atoms with Crippen LogP contribution in [0.5, 0.6) is 5.75 Å². The lowest BCUT2D eigenvalue weighted by atomic mass is 9.99. The summed E-state index contributed by atoms with van der Waals surface area (Å²) in [6.07, 6.45) is -3.07. The van der Waals surface area contributed by atoms with E-state index in [1.807, 2.05) is 24.3 Å². The minimum Gasteiger partial charge on any atom is -0.462 e. The molecule has 1 aromatic heterocycles. The number of rotatable bonds is 4. The van der Waals surface area contributed by atoms with Gasteiger partial charge in [0, 0.05) is 12.4 Å². The number of hydrogen-bond donors (Lipinski definition) is 4. The molecule has 5 atom stereocenters. The van der Waals surface area contributed by atoms with Crippen molar-refractivity contribution in [1.82, 2.24) is 4.98 Å². The molecule has 0 bridgehead atoms. The predicted molar refractivity (Wildman–Crippen MR) is 84.1 cm³/mol. The average Bonchev–Trinajstić information content (AvgIpc) is 2.63. The third-order valence-electron chi connectivity index (χ3n) is 3.97. The van der Waals surface area contributed by atoms with Gasteiger partial charge in [-0.3, -0.25) is 4.98 Å². The van der Waals surface area contributed by atoms with E-state index in [4.69, 9.17) is 9.47 Å². The van der Waals surface area contributed by atoms with Crippen molar-refractivity contribution in [2.24, 2.45) is 0 Å². The second-order valence-corrected chi connectivity index (χ2v) is 5.58. The first-order valence-electron chi connectivity index (χ1n) is 7.58. The number of aromatic nitrogens is 1. The van der Waals surface area contributed by atoms with Crippen molar-refractivity contribution >= 4 is 0 Å². The molecular formula is C17H19NO6. The number of hydrogen-bond acceptors (Lipinski definition) is 7. The van der Waals surface area contributed by atoms with Crippen molar-refractivity contribution < 1.29 is 29.9 Å². The second kappa shape index (κ2) is 7.25. The van der Waals surface area contributed by atoms with E-state index in [2.05, 4.69) is 4.98 Å². The zero-order chi connectivity index (χ0) is 17.1. The molecule has 2 aromatic rings. The van der Waals surface area contributed by atoms with Gasteiger partial charge in [-0.15, -0.1) is 0 Å². The van der Waals surface area contributed by atoms with E-state index >= 15 is 0 Å². The van der Waals surface area contributed by atoms with E-state index in [0.29, 0.717) is 5.75 Å². The molecule has 3 rings (SSSR count). The summed E-state index contributed by atoms with van der Waals surface area (Å²) in [6.45, 7) is -0.494. The Morgan fingerprint density at radius 2 is 1.50 bits per heavy atom. The fourth-order valence-electron chi connectivity index (χ4n) is 2.57. The van der Waals surface area contributed by atoms with Crippen LogP contribution in [0, 0.1) is 0 Å². The van der Waals surface area contributed by atoms with E-state index in [-0.39, 0.29) is 0 Å². The highest BCUT2D eigenvalue weighted by Gasteiger charge is 2.44. The van der Waals surface area contributed by atoms with Crippen LogP contribution in [0.2, 0.25) is 0 Å². The maximum Gasteiger partial charge on any atom is 0.229 e. The Morgan fingerprint density at radius 3 is 2.12 bits per heavy atom. The Morgan fingerprint density at radius 1 is 0.875 bits per heavy atom. The van der Waals surface area contributed by atoms with Crippen molar-refractivity contribution in [1.29, 1.82) is 0 Å². The summed E-state index contributed by atoms with van der Waals surface area (Å²) in [6, 6.07) is 10.9. The molecule has 0 amide bonds. The Labute approximate surface area is 138 Å². The van der Waals surface area contributed by atoms with Crippen LogP contribution in [-0.2, 0) is 4.74 Å². The van der Waals surface area contributed by atoms with Crippen molar-refractivity contribution in [3.05, 3.63) is 48.8 Å². The predicted octanol–water partition coefficient (Wildman–Crippen LogP) is -0.0727. The van der Waals surface area contributed by atoms with Gasteiger partial charge < -0.3 is 29.9 Å². The van der Waals surface area contributed by atoms with E-state index < -0.39 is 37.3 Å². The van der Waals surface area contributed by atoms with Gasteiger partial charge in [0.1, 0.15) is 30.2 Å². The third kappa shape index (κ3) is 3.40. The van der Waals surface area contributed by atoms with Crippen LogP contribution in [0.3, 0.4) is 0 Å². The molecule has 128 valence electrons. The normalized spacial score (nSPS) is 30.1. The highest BCUT2D eigenvalue weighted by Crippen LogP contribution is 2.26. The summed E-state index contributed by atoms with van der Waals surface area (Å²) in [5.41, 5.74) is 1.97. The van der Waals surface area contributed by atoms with Crippen molar-refractivity contribution in [2.75, 3.05) is 6.61 Å². The van der Waals surface area contributed by atoms with Crippen molar-refractivity contribution in [3.8, 4) is 16.9 Å². The molecule has 0 unspecified atom stereocenters. The number of ether oxygens (including phenoxy) is 2. The first-order chi connectivity index (χ1) is 11.6. The lowest BCUT2D eigenvalue weighted by Crippen LogP contribution is -2.60. The molecule has 0 spiro atoms. The molecule has 1 fully saturated rings. The number of aliphatic hydroxyl groups is 4. The summed E-state index contributed by atoms with van der Waals surface area (Å²) in [5, 5.41) is 38.7. The maximum absolute atomic E-state index is 9.97. The molecular weight excluding hydrogens is 314 g/mol. The number of nitrogens with zero attached hydrogens (tertiary/aromatic N) is 1. The third-order valence-corrected chi connectivity index (χ3v) is 3.97. The van der Waals surface area contributed by atoms with E-state index in [1.165, 1.54) is 0 Å². The standard InChI is InChI=1S/C17H19NO6/c19-9-13-14(20)15(21)16(22)17(24-13)23-12-3-1-10(2-4-12)11-5-7-18-8-6-11/h1-8,13-17,19-22H,9H2/t13-,14-,15+,16+,17+/m1/s1. The minimum atomic E-state index is -1.46. The van der Waals surface area contributed by atoms with Crippen LogP contribution in [-0.4, -0.2) is 62.7 Å². The number of pyridine rings is 1. The molecule has 24 heavy (non-hydrogen) atoms. The highest BCUT2D eigenvalue weighted by molar-refractivity contribution is 5.63. The molecule has 2 heterocycles. The highest BCUT2D eigenvalue weighted by atomic mass is 16.7. The van der Waals surface area contributed by atoms with Gasteiger partial charge in [0.05, 0.1) is 6.61 Å². The maximum atomic E-state index is 9.97. The van der Waals surface area contributed by atoms with Crippen LogP contribution < -0.4 is 4.74 Å². The van der Waals surface area contributed by atoms with Crippen molar-refractivity contribution in [2.45, 2.75) is 30.7 Å². The quantitative estimate of drug-likeness (QED) is 0.619. The largest absolute Gasteiger partial charge is 0.462 e. The molecule has 4 N–H and O–H groups in total. The average molecular weight is 333 g/mol. The number of aliphatic hydroxyl groups excluding tert-OH is 4. The van der Waals surface area contributed by atoms with Crippen LogP contribution in [0.25, 0.3) is 11.1 Å². The topological polar surface area (TPSA) is 112 Å². The summed E-state index contributed by atoms with van der Waals surface area (Å²) in [4.78, 5) is 3.97. The summed E-state index contributed by atoms with van der Waals surface area (Å²) in [5.74, 6) is 0.428. The van der Waals surface area contributed by atoms with Crippen LogP contribution in [0.15, 0.2) is 48.8 Å². The Bertz CT molecular complexity index is 648. The molecule has 1 aliphatic heterocycles. The molecule has 7 heteroatoms. The fraction of sp³-hybridized carbons (Fsp3) is 0.353. The first-order valence-corrected chi connectivity index (χ1v) is 7.58. The molecule has 7 nitrogen and oxygen atoms in total. The van der Waals surface area contributed by atoms with Gasteiger partial charge in [-0.25, -0.2) is 0 Å². The van der Waals surface area contributed by atoms with Crippen LogP contribution in [0.4, 0.5) is 0 Å². The van der Waals surface area contributed by atoms with Gasteiger partial charge in [0.15, 0.2) is 0 Å². The molecule has 1 aliphatic rings. The molecule has 1 saturated heterocycles. The van der Waals surface area contributed by atoms with Gasteiger partial charge >= 0.3 is 0 Å². The van der Waals surface area contributed by atoms with Crippen molar-refractivity contribution in [3.63, 3.8) is 0 Å². The first kappa shape index (κ1) is 16.8.